The number of carbonyl (C=O) groups excluding carboxylic acids is 1. The van der Waals surface area contributed by atoms with Crippen molar-refractivity contribution < 1.29 is 32.2 Å². The normalized spacial score (nSPS) is 14.1. The number of nitrogens with one attached hydrogen (secondary N) is 1. The van der Waals surface area contributed by atoms with Crippen molar-refractivity contribution in [1.82, 2.24) is 5.32 Å². The summed E-state index contributed by atoms with van der Waals surface area (Å²) in [5, 5.41) is 2.62. The maximum Gasteiger partial charge on any atom is 0.411 e. The average Bonchev–Trinajstić information content (AvgIpc) is 2.51. The van der Waals surface area contributed by atoms with Crippen LogP contribution in [0.3, 0.4) is 0 Å². The highest BCUT2D eigenvalue weighted by Crippen LogP contribution is 2.31. The monoisotopic (exact) mass is 363 g/mol. The summed E-state index contributed by atoms with van der Waals surface area (Å²) in [7, 11) is 1.50. The molecule has 2 atom stereocenters. The minimum absolute atomic E-state index is 0.0245. The number of benzene rings is 1. The average molecular weight is 363 g/mol. The Balaban J connectivity index is 2.73. The van der Waals surface area contributed by atoms with Crippen molar-refractivity contribution in [2.24, 2.45) is 0 Å². The Labute approximate surface area is 145 Å². The fourth-order valence-electron chi connectivity index (χ4n) is 2.01. The van der Waals surface area contributed by atoms with Crippen LogP contribution in [0.5, 0.6) is 11.5 Å². The van der Waals surface area contributed by atoms with Gasteiger partial charge < -0.3 is 19.5 Å². The molecular weight excluding hydrogens is 339 g/mol. The summed E-state index contributed by atoms with van der Waals surface area (Å²) in [5.74, 6) is 0.452. The molecule has 0 aliphatic heterocycles. The molecule has 1 N–H and O–H groups in total. The molecule has 8 heteroatoms. The van der Waals surface area contributed by atoms with E-state index >= 15 is 0 Å². The first-order valence-corrected chi connectivity index (χ1v) is 7.86. The van der Waals surface area contributed by atoms with Crippen LogP contribution >= 0.6 is 0 Å². The number of halogens is 3. The van der Waals surface area contributed by atoms with Crippen molar-refractivity contribution in [3.05, 3.63) is 23.8 Å². The molecule has 0 bridgehead atoms. The summed E-state index contributed by atoms with van der Waals surface area (Å²) in [6.45, 7) is 5.29. The van der Waals surface area contributed by atoms with Gasteiger partial charge in [-0.05, 0) is 45.4 Å². The van der Waals surface area contributed by atoms with E-state index in [9.17, 15) is 18.0 Å². The number of hydrogen-bond acceptors (Lipinski definition) is 4. The molecule has 0 aromatic heterocycles. The molecule has 2 unspecified atom stereocenters. The van der Waals surface area contributed by atoms with E-state index in [2.05, 4.69) is 10.1 Å². The Bertz CT molecular complexity index is 576. The van der Waals surface area contributed by atoms with E-state index in [1.165, 1.54) is 14.0 Å². The van der Waals surface area contributed by atoms with Crippen LogP contribution in [0.4, 0.5) is 13.2 Å². The van der Waals surface area contributed by atoms with Crippen molar-refractivity contribution in [2.75, 3.05) is 13.7 Å². The third-order valence-corrected chi connectivity index (χ3v) is 3.28. The first-order valence-electron chi connectivity index (χ1n) is 7.86. The van der Waals surface area contributed by atoms with E-state index in [0.29, 0.717) is 11.5 Å². The van der Waals surface area contributed by atoms with E-state index in [-0.39, 0.29) is 6.10 Å². The van der Waals surface area contributed by atoms with E-state index in [4.69, 9.17) is 9.47 Å². The van der Waals surface area contributed by atoms with E-state index in [1.54, 1.807) is 25.1 Å². The summed E-state index contributed by atoms with van der Waals surface area (Å²) in [6.07, 6.45) is -5.71. The number of rotatable bonds is 8. The predicted molar refractivity (Wildman–Crippen MR) is 86.8 cm³/mol. The molecule has 5 nitrogen and oxygen atoms in total. The molecule has 0 aliphatic rings. The molecule has 0 saturated carbocycles. The van der Waals surface area contributed by atoms with Crippen LogP contribution in [0.1, 0.15) is 39.3 Å². The molecule has 0 fully saturated rings. The van der Waals surface area contributed by atoms with Gasteiger partial charge in [0.25, 0.3) is 0 Å². The minimum atomic E-state index is -4.47. The van der Waals surface area contributed by atoms with E-state index in [1.807, 2.05) is 13.8 Å². The lowest BCUT2D eigenvalue weighted by Crippen LogP contribution is -2.37. The maximum atomic E-state index is 12.1. The zero-order valence-corrected chi connectivity index (χ0v) is 14.9. The van der Waals surface area contributed by atoms with Gasteiger partial charge in [0.2, 0.25) is 5.91 Å². The summed E-state index contributed by atoms with van der Waals surface area (Å²) in [5.41, 5.74) is 0.726. The first kappa shape index (κ1) is 21.1. The van der Waals surface area contributed by atoms with Crippen molar-refractivity contribution in [2.45, 2.75) is 52.1 Å². The lowest BCUT2D eigenvalue weighted by Gasteiger charge is -2.20. The van der Waals surface area contributed by atoms with Gasteiger partial charge in [0.1, 0.15) is 12.7 Å². The van der Waals surface area contributed by atoms with Crippen molar-refractivity contribution in [1.29, 1.82) is 0 Å². The Hall–Kier alpha value is -1.96. The summed E-state index contributed by atoms with van der Waals surface area (Å²) in [4.78, 5) is 12.0. The molecule has 0 aliphatic carbocycles. The Morgan fingerprint density at radius 3 is 2.32 bits per heavy atom. The lowest BCUT2D eigenvalue weighted by atomic mass is 10.1. The highest BCUT2D eigenvalue weighted by atomic mass is 19.4. The molecule has 25 heavy (non-hydrogen) atoms. The van der Waals surface area contributed by atoms with Crippen LogP contribution in [0.2, 0.25) is 0 Å². The summed E-state index contributed by atoms with van der Waals surface area (Å²) >= 11 is 0. The second kappa shape index (κ2) is 8.94. The molecule has 1 aromatic rings. The van der Waals surface area contributed by atoms with Gasteiger partial charge in [0, 0.05) is 0 Å². The van der Waals surface area contributed by atoms with Crippen LogP contribution in [-0.2, 0) is 9.53 Å². The smallest absolute Gasteiger partial charge is 0.411 e. The molecule has 0 radical (unpaired) electrons. The third kappa shape index (κ3) is 7.21. The van der Waals surface area contributed by atoms with Gasteiger partial charge in [-0.3, -0.25) is 4.79 Å². The molecule has 1 amide bonds. The SMILES string of the molecule is COc1cc(C(C)NC(=O)C(C)OCC(F)(F)F)ccc1OC(C)C. The fourth-order valence-corrected chi connectivity index (χ4v) is 2.01. The Kier molecular flexibility index (Phi) is 7.54. The van der Waals surface area contributed by atoms with Gasteiger partial charge >= 0.3 is 6.18 Å². The van der Waals surface area contributed by atoms with Crippen molar-refractivity contribution in [3.8, 4) is 11.5 Å². The first-order chi connectivity index (χ1) is 11.5. The van der Waals surface area contributed by atoms with Crippen LogP contribution in [-0.4, -0.2) is 38.0 Å². The van der Waals surface area contributed by atoms with Gasteiger partial charge in [-0.1, -0.05) is 6.07 Å². The molecule has 1 aromatic carbocycles. The molecule has 0 heterocycles. The lowest BCUT2D eigenvalue weighted by molar-refractivity contribution is -0.185. The van der Waals surface area contributed by atoms with Crippen LogP contribution < -0.4 is 14.8 Å². The largest absolute Gasteiger partial charge is 0.493 e. The highest BCUT2D eigenvalue weighted by molar-refractivity contribution is 5.80. The van der Waals surface area contributed by atoms with Gasteiger partial charge in [0.05, 0.1) is 19.3 Å². The van der Waals surface area contributed by atoms with Crippen LogP contribution in [0.25, 0.3) is 0 Å². The molecule has 0 spiro atoms. The summed E-state index contributed by atoms with van der Waals surface area (Å²) in [6, 6.07) is 4.75. The molecule has 142 valence electrons. The van der Waals surface area contributed by atoms with Crippen LogP contribution in [0.15, 0.2) is 18.2 Å². The van der Waals surface area contributed by atoms with Crippen molar-refractivity contribution >= 4 is 5.91 Å². The number of hydrogen-bond donors (Lipinski definition) is 1. The third-order valence-electron chi connectivity index (χ3n) is 3.28. The van der Waals surface area contributed by atoms with E-state index in [0.717, 1.165) is 5.56 Å². The van der Waals surface area contributed by atoms with Gasteiger partial charge in [0.15, 0.2) is 11.5 Å². The number of carbonyl (C=O) groups is 1. The molecule has 1 rings (SSSR count). The summed E-state index contributed by atoms with van der Waals surface area (Å²) < 4.78 is 51.8. The van der Waals surface area contributed by atoms with Gasteiger partial charge in [-0.25, -0.2) is 0 Å². The zero-order chi connectivity index (χ0) is 19.2. The van der Waals surface area contributed by atoms with Gasteiger partial charge in [-0.15, -0.1) is 0 Å². The molecule has 0 saturated heterocycles. The highest BCUT2D eigenvalue weighted by Gasteiger charge is 2.30. The Morgan fingerprint density at radius 1 is 1.16 bits per heavy atom. The number of ether oxygens (including phenoxy) is 3. The Morgan fingerprint density at radius 2 is 1.80 bits per heavy atom. The zero-order valence-electron chi connectivity index (χ0n) is 14.9. The second-order valence-corrected chi connectivity index (χ2v) is 5.88. The second-order valence-electron chi connectivity index (χ2n) is 5.88. The predicted octanol–water partition coefficient (Wildman–Crippen LogP) is 3.63. The minimum Gasteiger partial charge on any atom is -0.493 e. The molecular formula is C17H24F3NO4. The van der Waals surface area contributed by atoms with Crippen molar-refractivity contribution in [3.63, 3.8) is 0 Å². The van der Waals surface area contributed by atoms with Crippen LogP contribution in [0, 0.1) is 0 Å². The number of alkyl halides is 3. The number of methoxy groups -OCH3 is 1. The van der Waals surface area contributed by atoms with E-state index < -0.39 is 30.8 Å². The standard InChI is InChI=1S/C17H24F3NO4/c1-10(2)25-14-7-6-13(8-15(14)23-5)11(3)21-16(22)12(4)24-9-17(18,19)20/h6-8,10-12H,9H2,1-5H3,(H,21,22). The maximum absolute atomic E-state index is 12.1. The van der Waals surface area contributed by atoms with Gasteiger partial charge in [-0.2, -0.15) is 13.2 Å². The topological polar surface area (TPSA) is 56.8 Å². The quantitative estimate of drug-likeness (QED) is 0.766. The number of amides is 1. The fraction of sp³-hybridized carbons (Fsp3) is 0.588.